The number of aromatic nitrogens is 1. The van der Waals surface area contributed by atoms with Crippen molar-refractivity contribution in [3.63, 3.8) is 0 Å². The largest absolute Gasteiger partial charge is 0.270 e. The molecule has 2 aromatic rings. The zero-order chi connectivity index (χ0) is 19.0. The fourth-order valence-corrected chi connectivity index (χ4v) is 5.78. The lowest BCUT2D eigenvalue weighted by molar-refractivity contribution is 0.592. The van der Waals surface area contributed by atoms with Gasteiger partial charge in [-0.2, -0.15) is 5.26 Å². The minimum Gasteiger partial charge on any atom is -0.270 e. The minimum absolute atomic E-state index is 0.533. The first-order valence-corrected chi connectivity index (χ1v) is 11.9. The van der Waals surface area contributed by atoms with E-state index in [9.17, 15) is 13.7 Å². The Labute approximate surface area is 164 Å². The van der Waals surface area contributed by atoms with Gasteiger partial charge in [0.05, 0.1) is 23.2 Å². The van der Waals surface area contributed by atoms with Crippen LogP contribution < -0.4 is 4.31 Å². The van der Waals surface area contributed by atoms with Gasteiger partial charge < -0.3 is 0 Å². The standard InChI is InChI=1S/C20H21N3O2S2/c1-27(24,25)23-10-4-7-16-11-15(8-9-19(16)23)18-13-26-20(22-18)17(12-21)14-5-2-3-6-14/h8-9,11,13H,2-7,10H2,1H3. The average molecular weight is 400 g/mol. The van der Waals surface area contributed by atoms with Crippen LogP contribution in [0.3, 0.4) is 0 Å². The van der Waals surface area contributed by atoms with Crippen LogP contribution in [0.25, 0.3) is 16.8 Å². The summed E-state index contributed by atoms with van der Waals surface area (Å²) in [4.78, 5) is 4.72. The zero-order valence-corrected chi connectivity index (χ0v) is 16.9. The summed E-state index contributed by atoms with van der Waals surface area (Å²) in [6.07, 6.45) is 7.23. The van der Waals surface area contributed by atoms with Gasteiger partial charge in [-0.15, -0.1) is 11.3 Å². The van der Waals surface area contributed by atoms with Gasteiger partial charge >= 0.3 is 0 Å². The molecule has 0 radical (unpaired) electrons. The number of benzene rings is 1. The van der Waals surface area contributed by atoms with Crippen LogP contribution in [0.1, 0.15) is 42.7 Å². The molecule has 1 aliphatic heterocycles. The number of sulfonamides is 1. The van der Waals surface area contributed by atoms with Gasteiger partial charge in [0.15, 0.2) is 0 Å². The molecule has 1 aliphatic carbocycles. The van der Waals surface area contributed by atoms with E-state index in [4.69, 9.17) is 4.98 Å². The van der Waals surface area contributed by atoms with Crippen LogP contribution in [0.2, 0.25) is 0 Å². The third kappa shape index (κ3) is 3.52. The fourth-order valence-electron chi connectivity index (χ4n) is 3.92. The van der Waals surface area contributed by atoms with Gasteiger partial charge in [-0.3, -0.25) is 4.31 Å². The molecule has 0 bridgehead atoms. The SMILES string of the molecule is CS(=O)(=O)N1CCCc2cc(-c3csc(C(C#N)=C4CCCC4)n3)ccc21. The lowest BCUT2D eigenvalue weighted by Crippen LogP contribution is -2.34. The van der Waals surface area contributed by atoms with Gasteiger partial charge in [0.2, 0.25) is 10.0 Å². The number of hydrogen-bond donors (Lipinski definition) is 0. The molecule has 5 nitrogen and oxygen atoms in total. The summed E-state index contributed by atoms with van der Waals surface area (Å²) < 4.78 is 25.5. The second kappa shape index (κ2) is 7.10. The van der Waals surface area contributed by atoms with E-state index >= 15 is 0 Å². The Kier molecular flexibility index (Phi) is 4.79. The van der Waals surface area contributed by atoms with E-state index in [1.54, 1.807) is 0 Å². The molecule has 0 N–H and O–H groups in total. The molecule has 1 fully saturated rings. The van der Waals surface area contributed by atoms with E-state index in [1.807, 2.05) is 23.6 Å². The molecule has 1 aromatic carbocycles. The van der Waals surface area contributed by atoms with Gasteiger partial charge in [0.1, 0.15) is 11.1 Å². The molecule has 7 heteroatoms. The van der Waals surface area contributed by atoms with Crippen LogP contribution >= 0.6 is 11.3 Å². The molecule has 0 spiro atoms. The molecular weight excluding hydrogens is 378 g/mol. The van der Waals surface area contributed by atoms with E-state index < -0.39 is 10.0 Å². The van der Waals surface area contributed by atoms with Crippen molar-refractivity contribution in [2.75, 3.05) is 17.1 Å². The number of fused-ring (bicyclic) bond motifs is 1. The number of thiazole rings is 1. The predicted molar refractivity (Wildman–Crippen MR) is 109 cm³/mol. The van der Waals surface area contributed by atoms with Crippen molar-refractivity contribution in [3.8, 4) is 17.3 Å². The smallest absolute Gasteiger partial charge is 0.232 e. The van der Waals surface area contributed by atoms with Gasteiger partial charge in [0.25, 0.3) is 0 Å². The van der Waals surface area contributed by atoms with Crippen LogP contribution in [-0.4, -0.2) is 26.2 Å². The number of anilines is 1. The third-order valence-corrected chi connectivity index (χ3v) is 7.28. The lowest BCUT2D eigenvalue weighted by atomic mass is 10.00. The molecule has 140 valence electrons. The summed E-state index contributed by atoms with van der Waals surface area (Å²) >= 11 is 1.51. The van der Waals surface area contributed by atoms with Crippen molar-refractivity contribution < 1.29 is 8.42 Å². The second-order valence-corrected chi connectivity index (χ2v) is 9.88. The van der Waals surface area contributed by atoms with Crippen molar-refractivity contribution >= 4 is 32.6 Å². The molecule has 0 amide bonds. The lowest BCUT2D eigenvalue weighted by Gasteiger charge is -2.29. The molecular formula is C20H21N3O2S2. The molecule has 1 saturated carbocycles. The molecule has 2 aliphatic rings. The Hall–Kier alpha value is -2.17. The number of nitriles is 1. The maximum absolute atomic E-state index is 12.0. The van der Waals surface area contributed by atoms with Crippen LogP contribution in [0.5, 0.6) is 0 Å². The van der Waals surface area contributed by atoms with Crippen LogP contribution in [0, 0.1) is 11.3 Å². The third-order valence-electron chi connectivity index (χ3n) is 5.24. The maximum Gasteiger partial charge on any atom is 0.232 e. The Morgan fingerprint density at radius 3 is 2.70 bits per heavy atom. The van der Waals surface area contributed by atoms with Crippen LogP contribution in [0.15, 0.2) is 29.2 Å². The first-order chi connectivity index (χ1) is 13.0. The number of hydrogen-bond acceptors (Lipinski definition) is 5. The first kappa shape index (κ1) is 18.2. The monoisotopic (exact) mass is 399 g/mol. The van der Waals surface area contributed by atoms with Crippen LogP contribution in [0.4, 0.5) is 5.69 Å². The Balaban J connectivity index is 1.69. The molecule has 0 atom stereocenters. The number of allylic oxidation sites excluding steroid dienone is 2. The quantitative estimate of drug-likeness (QED) is 0.718. The van der Waals surface area contributed by atoms with E-state index in [0.29, 0.717) is 6.54 Å². The molecule has 0 saturated heterocycles. The normalized spacial score (nSPS) is 16.9. The molecule has 1 aromatic heterocycles. The van der Waals surface area contributed by atoms with E-state index in [0.717, 1.165) is 71.6 Å². The average Bonchev–Trinajstić information content (AvgIpc) is 3.33. The number of aryl methyl sites for hydroxylation is 1. The number of nitrogens with zero attached hydrogens (tertiary/aromatic N) is 3. The molecule has 2 heterocycles. The second-order valence-electron chi connectivity index (χ2n) is 7.12. The Bertz CT molecular complexity index is 1050. The zero-order valence-electron chi connectivity index (χ0n) is 15.2. The van der Waals surface area contributed by atoms with E-state index in [2.05, 4.69) is 6.07 Å². The fraction of sp³-hybridized carbons (Fsp3) is 0.400. The van der Waals surface area contributed by atoms with E-state index in [1.165, 1.54) is 27.5 Å². The minimum atomic E-state index is -3.26. The first-order valence-electron chi connectivity index (χ1n) is 9.16. The van der Waals surface area contributed by atoms with Crippen molar-refractivity contribution in [2.45, 2.75) is 38.5 Å². The highest BCUT2D eigenvalue weighted by Gasteiger charge is 2.24. The van der Waals surface area contributed by atoms with Gasteiger partial charge in [0, 0.05) is 17.5 Å². The van der Waals surface area contributed by atoms with Crippen molar-refractivity contribution in [3.05, 3.63) is 39.7 Å². The topological polar surface area (TPSA) is 74.1 Å². The Morgan fingerprint density at radius 2 is 2.00 bits per heavy atom. The summed E-state index contributed by atoms with van der Waals surface area (Å²) in [5, 5.41) is 12.4. The summed E-state index contributed by atoms with van der Waals surface area (Å²) in [7, 11) is -3.26. The summed E-state index contributed by atoms with van der Waals surface area (Å²) in [6, 6.07) is 8.20. The Morgan fingerprint density at radius 1 is 1.22 bits per heavy atom. The summed E-state index contributed by atoms with van der Waals surface area (Å²) in [5.74, 6) is 0. The summed E-state index contributed by atoms with van der Waals surface area (Å²) in [5.41, 5.74) is 5.60. The van der Waals surface area contributed by atoms with E-state index in [-0.39, 0.29) is 0 Å². The summed E-state index contributed by atoms with van der Waals surface area (Å²) in [6.45, 7) is 0.533. The van der Waals surface area contributed by atoms with Crippen molar-refractivity contribution in [1.82, 2.24) is 4.98 Å². The highest BCUT2D eigenvalue weighted by Crippen LogP contribution is 2.36. The van der Waals surface area contributed by atoms with Gasteiger partial charge in [-0.05, 0) is 61.8 Å². The van der Waals surface area contributed by atoms with Crippen LogP contribution in [-0.2, 0) is 16.4 Å². The maximum atomic E-state index is 12.0. The highest BCUT2D eigenvalue weighted by molar-refractivity contribution is 7.92. The van der Waals surface area contributed by atoms with Crippen molar-refractivity contribution in [1.29, 1.82) is 5.26 Å². The highest BCUT2D eigenvalue weighted by atomic mass is 32.2. The van der Waals surface area contributed by atoms with Crippen molar-refractivity contribution in [2.24, 2.45) is 0 Å². The molecule has 0 unspecified atom stereocenters. The van der Waals surface area contributed by atoms with Gasteiger partial charge in [-0.1, -0.05) is 6.07 Å². The number of rotatable bonds is 3. The van der Waals surface area contributed by atoms with Gasteiger partial charge in [-0.25, -0.2) is 13.4 Å². The predicted octanol–water partition coefficient (Wildman–Crippen LogP) is 4.37. The molecule has 27 heavy (non-hydrogen) atoms. The molecule has 4 rings (SSSR count).